The lowest BCUT2D eigenvalue weighted by molar-refractivity contribution is 0.0646. The van der Waals surface area contributed by atoms with E-state index in [0.717, 1.165) is 12.6 Å². The first-order chi connectivity index (χ1) is 8.33. The van der Waals surface area contributed by atoms with Crippen molar-refractivity contribution in [2.45, 2.75) is 65.1 Å². The van der Waals surface area contributed by atoms with Crippen LogP contribution in [0.1, 0.15) is 47.5 Å². The lowest BCUT2D eigenvalue weighted by Gasteiger charge is -2.42. The maximum absolute atomic E-state index is 3.59. The Bertz CT molecular complexity index is 234. The van der Waals surface area contributed by atoms with E-state index in [4.69, 9.17) is 0 Å². The zero-order chi connectivity index (χ0) is 13.8. The molecule has 3 heteroatoms. The van der Waals surface area contributed by atoms with E-state index < -0.39 is 0 Å². The zero-order valence-corrected chi connectivity index (χ0v) is 13.3. The summed E-state index contributed by atoms with van der Waals surface area (Å²) in [6.45, 7) is 16.2. The highest BCUT2D eigenvalue weighted by atomic mass is 15.3. The van der Waals surface area contributed by atoms with Gasteiger partial charge in [-0.25, -0.2) is 0 Å². The molecule has 0 aromatic rings. The van der Waals surface area contributed by atoms with Gasteiger partial charge in [0.05, 0.1) is 0 Å². The largest absolute Gasteiger partial charge is 0.312 e. The van der Waals surface area contributed by atoms with E-state index in [1.54, 1.807) is 0 Å². The molecule has 0 aliphatic carbocycles. The van der Waals surface area contributed by atoms with Crippen molar-refractivity contribution in [3.8, 4) is 0 Å². The number of likely N-dealkylation sites (N-methyl/N-ethyl adjacent to an activating group) is 1. The van der Waals surface area contributed by atoms with E-state index in [0.29, 0.717) is 6.04 Å². The second-order valence-electron chi connectivity index (χ2n) is 6.85. The third kappa shape index (κ3) is 5.25. The van der Waals surface area contributed by atoms with Gasteiger partial charge in [-0.3, -0.25) is 4.90 Å². The number of nitrogens with one attached hydrogen (secondary N) is 1. The van der Waals surface area contributed by atoms with Crippen molar-refractivity contribution < 1.29 is 0 Å². The number of rotatable bonds is 5. The molecule has 1 aliphatic heterocycles. The fourth-order valence-corrected chi connectivity index (χ4v) is 2.65. The molecule has 0 aromatic carbocycles. The number of nitrogens with zero attached hydrogens (tertiary/aromatic N) is 2. The van der Waals surface area contributed by atoms with Crippen LogP contribution in [0, 0.1) is 0 Å². The molecule has 0 saturated carbocycles. The Morgan fingerprint density at radius 3 is 2.50 bits per heavy atom. The third-order valence-corrected chi connectivity index (χ3v) is 4.12. The monoisotopic (exact) mass is 255 g/mol. The SMILES string of the molecule is CCC1CN(C(C)CCNC(C)(C)C)CCN1C. The summed E-state index contributed by atoms with van der Waals surface area (Å²) in [5.41, 5.74) is 0.244. The number of hydrogen-bond donors (Lipinski definition) is 1. The van der Waals surface area contributed by atoms with Crippen molar-refractivity contribution in [2.24, 2.45) is 0 Å². The predicted octanol–water partition coefficient (Wildman–Crippen LogP) is 2.18. The van der Waals surface area contributed by atoms with Gasteiger partial charge in [-0.05, 0) is 54.1 Å². The highest BCUT2D eigenvalue weighted by molar-refractivity contribution is 4.82. The smallest absolute Gasteiger partial charge is 0.0218 e. The van der Waals surface area contributed by atoms with Gasteiger partial charge < -0.3 is 10.2 Å². The minimum absolute atomic E-state index is 0.244. The van der Waals surface area contributed by atoms with Crippen molar-refractivity contribution in [1.29, 1.82) is 0 Å². The fourth-order valence-electron chi connectivity index (χ4n) is 2.65. The zero-order valence-electron chi connectivity index (χ0n) is 13.3. The van der Waals surface area contributed by atoms with E-state index in [2.05, 4.69) is 56.8 Å². The van der Waals surface area contributed by atoms with Crippen LogP contribution in [-0.4, -0.2) is 60.6 Å². The van der Waals surface area contributed by atoms with Crippen molar-refractivity contribution >= 4 is 0 Å². The van der Waals surface area contributed by atoms with Crippen LogP contribution >= 0.6 is 0 Å². The summed E-state index contributed by atoms with van der Waals surface area (Å²) >= 11 is 0. The van der Waals surface area contributed by atoms with Gasteiger partial charge in [0.25, 0.3) is 0 Å². The van der Waals surface area contributed by atoms with Gasteiger partial charge in [0, 0.05) is 37.3 Å². The molecule has 0 radical (unpaired) electrons. The summed E-state index contributed by atoms with van der Waals surface area (Å²) in [6, 6.07) is 1.44. The molecule has 0 bridgehead atoms. The molecular weight excluding hydrogens is 222 g/mol. The maximum atomic E-state index is 3.59. The van der Waals surface area contributed by atoms with Crippen LogP contribution in [0.4, 0.5) is 0 Å². The Hall–Kier alpha value is -0.120. The quantitative estimate of drug-likeness (QED) is 0.812. The molecule has 2 atom stereocenters. The molecule has 1 saturated heterocycles. The second kappa shape index (κ2) is 6.88. The fraction of sp³-hybridized carbons (Fsp3) is 1.00. The molecule has 108 valence electrons. The summed E-state index contributed by atoms with van der Waals surface area (Å²) in [6.07, 6.45) is 2.51. The van der Waals surface area contributed by atoms with Crippen molar-refractivity contribution in [2.75, 3.05) is 33.2 Å². The Kier molecular flexibility index (Phi) is 6.09. The first-order valence-electron chi connectivity index (χ1n) is 7.53. The van der Waals surface area contributed by atoms with E-state index in [9.17, 15) is 0 Å². The van der Waals surface area contributed by atoms with Crippen LogP contribution in [0.3, 0.4) is 0 Å². The molecule has 3 nitrogen and oxygen atoms in total. The molecule has 0 amide bonds. The van der Waals surface area contributed by atoms with Gasteiger partial charge in [0.1, 0.15) is 0 Å². The minimum Gasteiger partial charge on any atom is -0.312 e. The van der Waals surface area contributed by atoms with Crippen LogP contribution in [0.25, 0.3) is 0 Å². The Labute approximate surface area is 114 Å². The lowest BCUT2D eigenvalue weighted by Crippen LogP contribution is -2.54. The molecule has 1 fully saturated rings. The highest BCUT2D eigenvalue weighted by Crippen LogP contribution is 2.14. The summed E-state index contributed by atoms with van der Waals surface area (Å²) in [7, 11) is 2.26. The van der Waals surface area contributed by atoms with Crippen LogP contribution in [0.15, 0.2) is 0 Å². The summed E-state index contributed by atoms with van der Waals surface area (Å²) < 4.78 is 0. The second-order valence-corrected chi connectivity index (χ2v) is 6.85. The number of piperazine rings is 1. The molecule has 1 aliphatic rings. The van der Waals surface area contributed by atoms with Gasteiger partial charge in [-0.1, -0.05) is 6.92 Å². The Morgan fingerprint density at radius 2 is 1.94 bits per heavy atom. The van der Waals surface area contributed by atoms with Crippen molar-refractivity contribution in [3.05, 3.63) is 0 Å². The lowest BCUT2D eigenvalue weighted by atomic mass is 10.1. The molecule has 1 N–H and O–H groups in total. The van der Waals surface area contributed by atoms with E-state index in [1.807, 2.05) is 0 Å². The van der Waals surface area contributed by atoms with Crippen LogP contribution < -0.4 is 5.32 Å². The van der Waals surface area contributed by atoms with Crippen LogP contribution in [-0.2, 0) is 0 Å². The topological polar surface area (TPSA) is 18.5 Å². The standard InChI is InChI=1S/C15H33N3/c1-7-14-12-18(11-10-17(14)6)13(2)8-9-16-15(3,4)5/h13-14,16H,7-12H2,1-6H3. The number of hydrogen-bond acceptors (Lipinski definition) is 3. The molecule has 1 rings (SSSR count). The van der Waals surface area contributed by atoms with Crippen LogP contribution in [0.2, 0.25) is 0 Å². The van der Waals surface area contributed by atoms with E-state index >= 15 is 0 Å². The van der Waals surface area contributed by atoms with Gasteiger partial charge in [-0.2, -0.15) is 0 Å². The molecule has 0 aromatic heterocycles. The average molecular weight is 255 g/mol. The Morgan fingerprint density at radius 1 is 1.28 bits per heavy atom. The average Bonchev–Trinajstić information content (AvgIpc) is 2.27. The van der Waals surface area contributed by atoms with Crippen molar-refractivity contribution in [1.82, 2.24) is 15.1 Å². The third-order valence-electron chi connectivity index (χ3n) is 4.12. The first-order valence-corrected chi connectivity index (χ1v) is 7.53. The summed E-state index contributed by atoms with van der Waals surface area (Å²) in [5.74, 6) is 0. The van der Waals surface area contributed by atoms with Gasteiger partial charge in [0.2, 0.25) is 0 Å². The van der Waals surface area contributed by atoms with Gasteiger partial charge in [0.15, 0.2) is 0 Å². The molecule has 1 heterocycles. The Balaban J connectivity index is 2.31. The summed E-state index contributed by atoms with van der Waals surface area (Å²) in [5, 5.41) is 3.59. The minimum atomic E-state index is 0.244. The van der Waals surface area contributed by atoms with Crippen molar-refractivity contribution in [3.63, 3.8) is 0 Å². The van der Waals surface area contributed by atoms with E-state index in [1.165, 1.54) is 32.5 Å². The summed E-state index contributed by atoms with van der Waals surface area (Å²) in [4.78, 5) is 5.18. The van der Waals surface area contributed by atoms with Gasteiger partial charge in [-0.15, -0.1) is 0 Å². The molecule has 0 spiro atoms. The molecule has 18 heavy (non-hydrogen) atoms. The predicted molar refractivity (Wildman–Crippen MR) is 80.1 cm³/mol. The van der Waals surface area contributed by atoms with Crippen LogP contribution in [0.5, 0.6) is 0 Å². The normalized spacial score (nSPS) is 25.3. The molecule has 2 unspecified atom stereocenters. The maximum Gasteiger partial charge on any atom is 0.0218 e. The first kappa shape index (κ1) is 15.9. The van der Waals surface area contributed by atoms with Gasteiger partial charge >= 0.3 is 0 Å². The highest BCUT2D eigenvalue weighted by Gasteiger charge is 2.25. The molecular formula is C15H33N3. The van der Waals surface area contributed by atoms with E-state index in [-0.39, 0.29) is 5.54 Å².